The van der Waals surface area contributed by atoms with E-state index >= 15 is 0 Å². The van der Waals surface area contributed by atoms with Crippen LogP contribution in [-0.4, -0.2) is 56.6 Å². The van der Waals surface area contributed by atoms with Gasteiger partial charge in [0.2, 0.25) is 15.9 Å². The maximum atomic E-state index is 14.0. The van der Waals surface area contributed by atoms with Crippen LogP contribution in [0.1, 0.15) is 21.5 Å². The van der Waals surface area contributed by atoms with Gasteiger partial charge >= 0.3 is 5.97 Å². The van der Waals surface area contributed by atoms with Gasteiger partial charge in [0.1, 0.15) is 23.7 Å². The molecule has 0 aliphatic carbocycles. The number of aromatic nitrogens is 2. The zero-order valence-corrected chi connectivity index (χ0v) is 24.1. The smallest absolute Gasteiger partial charge is 0.338 e. The summed E-state index contributed by atoms with van der Waals surface area (Å²) in [7, 11) is 0.435. The molecule has 12 heteroatoms. The minimum atomic E-state index is -3.74. The first-order valence-electron chi connectivity index (χ1n) is 12.7. The second kappa shape index (κ2) is 11.2. The molecule has 0 unspecified atom stereocenters. The Labute approximate surface area is 241 Å². The molecule has 0 amide bonds. The fourth-order valence-electron chi connectivity index (χ4n) is 4.80. The predicted octanol–water partition coefficient (Wildman–Crippen LogP) is 4.85. The molecule has 2 aromatic heterocycles. The number of carbonyl (C=O) groups is 1. The lowest BCUT2D eigenvalue weighted by Gasteiger charge is -2.21. The van der Waals surface area contributed by atoms with Gasteiger partial charge in [-0.15, -0.1) is 0 Å². The number of anilines is 1. The summed E-state index contributed by atoms with van der Waals surface area (Å²) in [6.07, 6.45) is 4.19. The minimum Gasteiger partial charge on any atom is -0.497 e. The molecule has 3 aromatic carbocycles. The molecule has 1 N–H and O–H groups in total. The second-order valence-electron chi connectivity index (χ2n) is 9.61. The van der Waals surface area contributed by atoms with Crippen molar-refractivity contribution in [3.05, 3.63) is 89.5 Å². The maximum Gasteiger partial charge on any atom is 0.338 e. The third kappa shape index (κ3) is 5.28. The molecule has 0 aliphatic rings. The van der Waals surface area contributed by atoms with E-state index in [-0.39, 0.29) is 41.4 Å². The van der Waals surface area contributed by atoms with Gasteiger partial charge < -0.3 is 23.9 Å². The lowest BCUT2D eigenvalue weighted by Crippen LogP contribution is -2.25. The number of pyridine rings is 1. The van der Waals surface area contributed by atoms with Crippen LogP contribution in [0.3, 0.4) is 0 Å². The largest absolute Gasteiger partial charge is 0.497 e. The van der Waals surface area contributed by atoms with E-state index in [1.165, 1.54) is 30.9 Å². The summed E-state index contributed by atoms with van der Waals surface area (Å²) >= 11 is 0. The van der Waals surface area contributed by atoms with Crippen LogP contribution in [0.5, 0.6) is 17.4 Å². The number of halogens is 1. The van der Waals surface area contributed by atoms with Crippen LogP contribution in [0, 0.1) is 5.82 Å². The Morgan fingerprint density at radius 2 is 1.83 bits per heavy atom. The van der Waals surface area contributed by atoms with E-state index in [4.69, 9.17) is 14.2 Å². The molecular weight excluding hydrogens is 565 g/mol. The number of methoxy groups -OCH3 is 2. The Balaban J connectivity index is 1.74. The third-order valence-electron chi connectivity index (χ3n) is 6.98. The highest BCUT2D eigenvalue weighted by Gasteiger charge is 2.27. The number of carbonyl (C=O) groups excluding carboxylic acids is 1. The van der Waals surface area contributed by atoms with Gasteiger partial charge in [-0.1, -0.05) is 18.2 Å². The lowest BCUT2D eigenvalue weighted by atomic mass is 10.1. The molecule has 0 atom stereocenters. The van der Waals surface area contributed by atoms with Crippen molar-refractivity contribution < 1.29 is 36.9 Å². The zero-order chi connectivity index (χ0) is 30.2. The number of hydrogen-bond acceptors (Lipinski definition) is 8. The van der Waals surface area contributed by atoms with Crippen LogP contribution in [0.15, 0.2) is 67.0 Å². The summed E-state index contributed by atoms with van der Waals surface area (Å²) in [5.41, 5.74) is 1.81. The van der Waals surface area contributed by atoms with Gasteiger partial charge in [0, 0.05) is 30.2 Å². The zero-order valence-electron chi connectivity index (χ0n) is 23.3. The van der Waals surface area contributed by atoms with E-state index in [0.717, 1.165) is 22.2 Å². The number of ether oxygens (including phenoxy) is 3. The monoisotopic (exact) mass is 593 g/mol. The number of rotatable bonds is 9. The summed E-state index contributed by atoms with van der Waals surface area (Å²) in [4.78, 5) is 16.9. The van der Waals surface area contributed by atoms with Crippen LogP contribution in [0.25, 0.3) is 21.7 Å². The third-order valence-corrected chi connectivity index (χ3v) is 8.16. The Hall–Kier alpha value is -4.84. The van der Waals surface area contributed by atoms with Gasteiger partial charge in [0.15, 0.2) is 5.75 Å². The lowest BCUT2D eigenvalue weighted by molar-refractivity contribution is 0.0598. The first-order chi connectivity index (χ1) is 20.0. The molecule has 0 saturated heterocycles. The average molecular weight is 594 g/mol. The van der Waals surface area contributed by atoms with Crippen LogP contribution in [0.2, 0.25) is 0 Å². The highest BCUT2D eigenvalue weighted by Crippen LogP contribution is 2.47. The molecule has 0 radical (unpaired) electrons. The quantitative estimate of drug-likeness (QED) is 0.241. The summed E-state index contributed by atoms with van der Waals surface area (Å²) in [5, 5.41) is 12.7. The fraction of sp³-hybridized carbons (Fsp3) is 0.200. The molecule has 42 heavy (non-hydrogen) atoms. The first-order valence-corrected chi connectivity index (χ1v) is 14.6. The number of sulfonamides is 1. The highest BCUT2D eigenvalue weighted by atomic mass is 32.2. The number of nitrogens with zero attached hydrogens (tertiary/aromatic N) is 3. The van der Waals surface area contributed by atoms with E-state index in [1.807, 2.05) is 12.1 Å². The molecule has 10 nitrogen and oxygen atoms in total. The fourth-order valence-corrected chi connectivity index (χ4v) is 5.33. The van der Waals surface area contributed by atoms with Crippen molar-refractivity contribution in [2.75, 3.05) is 31.8 Å². The van der Waals surface area contributed by atoms with Gasteiger partial charge in [-0.25, -0.2) is 17.6 Å². The molecule has 0 aliphatic heterocycles. The normalized spacial score (nSPS) is 11.5. The standard InChI is InChI=1S/C30H28FN3O7S/c1-33(42(4,37)38)27-22-6-5-13-32-26(22)28(41-17-18-7-11-21(39-2)12-8-18)25-24(27)16-34(29(25)35)15-19-9-10-20(31)14-23(19)30(36)40-3/h5-14,16,35H,15,17H2,1-4H3. The molecule has 5 aromatic rings. The van der Waals surface area contributed by atoms with Crippen molar-refractivity contribution in [2.45, 2.75) is 13.2 Å². The number of aromatic hydroxyl groups is 1. The number of benzene rings is 3. The summed E-state index contributed by atoms with van der Waals surface area (Å²) in [6, 6.07) is 14.4. The molecule has 5 rings (SSSR count). The Morgan fingerprint density at radius 1 is 1.10 bits per heavy atom. The highest BCUT2D eigenvalue weighted by molar-refractivity contribution is 7.92. The summed E-state index contributed by atoms with van der Waals surface area (Å²) in [6.45, 7) is 0.0516. The Kier molecular flexibility index (Phi) is 7.65. The minimum absolute atomic E-state index is 0.00839. The topological polar surface area (TPSA) is 120 Å². The molecule has 218 valence electrons. The SMILES string of the molecule is COC(=O)c1cc(F)ccc1Cn1cc2c(N(C)S(C)(=O)=O)c3cccnc3c(OCc3ccc(OC)cc3)c2c1O. The van der Waals surface area contributed by atoms with Gasteiger partial charge in [-0.3, -0.25) is 9.29 Å². The van der Waals surface area contributed by atoms with Gasteiger partial charge in [-0.2, -0.15) is 0 Å². The maximum absolute atomic E-state index is 14.0. The van der Waals surface area contributed by atoms with E-state index in [9.17, 15) is 22.7 Å². The average Bonchev–Trinajstić information content (AvgIpc) is 3.30. The van der Waals surface area contributed by atoms with Crippen molar-refractivity contribution in [2.24, 2.45) is 0 Å². The van der Waals surface area contributed by atoms with E-state index in [0.29, 0.717) is 27.6 Å². The van der Waals surface area contributed by atoms with Gasteiger partial charge in [-0.05, 0) is 47.5 Å². The number of fused-ring (bicyclic) bond motifs is 2. The summed E-state index contributed by atoms with van der Waals surface area (Å²) < 4.78 is 58.4. The van der Waals surface area contributed by atoms with E-state index in [1.54, 1.807) is 43.8 Å². The Morgan fingerprint density at radius 3 is 2.50 bits per heavy atom. The van der Waals surface area contributed by atoms with Crippen LogP contribution in [0.4, 0.5) is 10.1 Å². The van der Waals surface area contributed by atoms with Crippen molar-refractivity contribution in [3.63, 3.8) is 0 Å². The molecule has 0 fully saturated rings. The Bertz CT molecular complexity index is 1920. The molecule has 0 bridgehead atoms. The molecule has 2 heterocycles. The van der Waals surface area contributed by atoms with Crippen LogP contribution >= 0.6 is 0 Å². The van der Waals surface area contributed by atoms with Crippen LogP contribution < -0.4 is 13.8 Å². The van der Waals surface area contributed by atoms with Crippen LogP contribution in [-0.2, 0) is 27.9 Å². The van der Waals surface area contributed by atoms with Gasteiger partial charge in [0.25, 0.3) is 0 Å². The molecular formula is C30H28FN3O7S. The number of esters is 1. The molecule has 0 spiro atoms. The van der Waals surface area contributed by atoms with Gasteiger partial charge in [0.05, 0.1) is 43.7 Å². The van der Waals surface area contributed by atoms with Crippen molar-refractivity contribution in [1.29, 1.82) is 0 Å². The van der Waals surface area contributed by atoms with E-state index < -0.39 is 21.8 Å². The van der Waals surface area contributed by atoms with Crippen molar-refractivity contribution >= 4 is 43.4 Å². The van der Waals surface area contributed by atoms with Crippen molar-refractivity contribution in [3.8, 4) is 17.4 Å². The van der Waals surface area contributed by atoms with E-state index in [2.05, 4.69) is 4.98 Å². The second-order valence-corrected chi connectivity index (χ2v) is 11.6. The number of hydrogen-bond donors (Lipinski definition) is 1. The summed E-state index contributed by atoms with van der Waals surface area (Å²) in [5.74, 6) is -0.694. The molecule has 0 saturated carbocycles. The first kappa shape index (κ1) is 28.7. The predicted molar refractivity (Wildman–Crippen MR) is 156 cm³/mol. The van der Waals surface area contributed by atoms with Crippen molar-refractivity contribution in [1.82, 2.24) is 9.55 Å².